The second-order valence-corrected chi connectivity index (χ2v) is 7.70. The van der Waals surface area contributed by atoms with Crippen LogP contribution in [0.3, 0.4) is 0 Å². The summed E-state index contributed by atoms with van der Waals surface area (Å²) in [6, 6.07) is 14.4. The summed E-state index contributed by atoms with van der Waals surface area (Å²) in [4.78, 5) is 14.3. The molecular weight excluding hydrogens is 350 g/mol. The summed E-state index contributed by atoms with van der Waals surface area (Å²) in [5.41, 5.74) is 5.52. The zero-order chi connectivity index (χ0) is 20.1. The fourth-order valence-corrected chi connectivity index (χ4v) is 3.39. The highest BCUT2D eigenvalue weighted by Crippen LogP contribution is 2.37. The lowest BCUT2D eigenvalue weighted by Crippen LogP contribution is -2.13. The van der Waals surface area contributed by atoms with Gasteiger partial charge in [0.25, 0.3) is 0 Å². The van der Waals surface area contributed by atoms with Crippen molar-refractivity contribution in [3.63, 3.8) is 0 Å². The highest BCUT2D eigenvalue weighted by atomic mass is 16.5. The van der Waals surface area contributed by atoms with Gasteiger partial charge in [-0.25, -0.2) is 0 Å². The minimum atomic E-state index is -0.206. The summed E-state index contributed by atoms with van der Waals surface area (Å²) in [7, 11) is 4.16. The van der Waals surface area contributed by atoms with Crippen LogP contribution in [0.2, 0.25) is 0 Å². The normalized spacial score (nSPS) is 14.4. The molecule has 1 aliphatic heterocycles. The largest absolute Gasteiger partial charge is 0.488 e. The predicted molar refractivity (Wildman–Crippen MR) is 112 cm³/mol. The van der Waals surface area contributed by atoms with Crippen LogP contribution < -0.4 is 4.74 Å². The maximum Gasteiger partial charge on any atom is 0.310 e. The molecule has 3 rings (SSSR count). The van der Waals surface area contributed by atoms with E-state index in [4.69, 9.17) is 9.47 Å². The van der Waals surface area contributed by atoms with Gasteiger partial charge in [-0.3, -0.25) is 4.79 Å². The van der Waals surface area contributed by atoms with Crippen molar-refractivity contribution in [3.8, 4) is 5.75 Å². The lowest BCUT2D eigenvalue weighted by Gasteiger charge is -2.14. The van der Waals surface area contributed by atoms with Crippen LogP contribution in [0.25, 0.3) is 5.57 Å². The lowest BCUT2D eigenvalue weighted by molar-refractivity contribution is -0.146. The van der Waals surface area contributed by atoms with Crippen molar-refractivity contribution in [1.29, 1.82) is 0 Å². The number of benzene rings is 2. The quantitative estimate of drug-likeness (QED) is 0.695. The smallest absolute Gasteiger partial charge is 0.310 e. The van der Waals surface area contributed by atoms with Crippen molar-refractivity contribution in [1.82, 2.24) is 4.90 Å². The Bertz CT molecular complexity index is 868. The topological polar surface area (TPSA) is 38.8 Å². The number of hydrogen-bond acceptors (Lipinski definition) is 4. The van der Waals surface area contributed by atoms with Crippen molar-refractivity contribution in [2.75, 3.05) is 20.6 Å². The van der Waals surface area contributed by atoms with Gasteiger partial charge in [-0.05, 0) is 68.8 Å². The van der Waals surface area contributed by atoms with Crippen molar-refractivity contribution in [2.45, 2.75) is 39.4 Å². The van der Waals surface area contributed by atoms with Gasteiger partial charge in [-0.1, -0.05) is 36.4 Å². The molecule has 0 N–H and O–H groups in total. The van der Waals surface area contributed by atoms with E-state index in [9.17, 15) is 4.79 Å². The van der Waals surface area contributed by atoms with Gasteiger partial charge in [0.05, 0.1) is 12.5 Å². The average molecular weight is 380 g/mol. The standard InChI is InChI=1S/C24H29NO3/c1-17(2)28-24(26)15-18-11-12-23-22(14-18)21(10-7-13-25(3)4)20-9-6-5-8-19(20)16-27-23/h5-6,8-12,14,17H,7,13,15-16H2,1-4H3. The van der Waals surface area contributed by atoms with Crippen LogP contribution in [0.5, 0.6) is 5.75 Å². The first-order valence-corrected chi connectivity index (χ1v) is 9.83. The summed E-state index contributed by atoms with van der Waals surface area (Å²) in [6.07, 6.45) is 3.38. The number of esters is 1. The van der Waals surface area contributed by atoms with E-state index in [0.717, 1.165) is 29.8 Å². The van der Waals surface area contributed by atoms with E-state index >= 15 is 0 Å². The SMILES string of the molecule is CC(C)OC(=O)Cc1ccc2c(c1)C(=CCCN(C)C)c1ccccc1CO2. The summed E-state index contributed by atoms with van der Waals surface area (Å²) < 4.78 is 11.4. The molecule has 0 unspecified atom stereocenters. The third kappa shape index (κ3) is 5.02. The highest BCUT2D eigenvalue weighted by Gasteiger charge is 2.20. The zero-order valence-corrected chi connectivity index (χ0v) is 17.2. The molecule has 0 amide bonds. The van der Waals surface area contributed by atoms with Gasteiger partial charge >= 0.3 is 5.97 Å². The molecule has 0 saturated heterocycles. The maximum atomic E-state index is 12.1. The summed E-state index contributed by atoms with van der Waals surface area (Å²) in [6.45, 7) is 5.25. The monoisotopic (exact) mass is 379 g/mol. The van der Waals surface area contributed by atoms with Crippen LogP contribution in [-0.2, 0) is 22.6 Å². The summed E-state index contributed by atoms with van der Waals surface area (Å²) in [5, 5.41) is 0. The van der Waals surface area contributed by atoms with Crippen molar-refractivity contribution >= 4 is 11.5 Å². The minimum Gasteiger partial charge on any atom is -0.488 e. The van der Waals surface area contributed by atoms with Crippen LogP contribution in [-0.4, -0.2) is 37.6 Å². The molecule has 2 aromatic rings. The van der Waals surface area contributed by atoms with E-state index in [-0.39, 0.29) is 18.5 Å². The number of ether oxygens (including phenoxy) is 2. The Morgan fingerprint density at radius 2 is 1.96 bits per heavy atom. The summed E-state index contributed by atoms with van der Waals surface area (Å²) in [5.74, 6) is 0.649. The maximum absolute atomic E-state index is 12.1. The molecule has 0 radical (unpaired) electrons. The second-order valence-electron chi connectivity index (χ2n) is 7.70. The van der Waals surface area contributed by atoms with Crippen LogP contribution in [0, 0.1) is 0 Å². The van der Waals surface area contributed by atoms with Gasteiger partial charge in [-0.15, -0.1) is 0 Å². The number of carbonyl (C=O) groups is 1. The molecule has 148 valence electrons. The predicted octanol–water partition coefficient (Wildman–Crippen LogP) is 4.46. The first-order valence-electron chi connectivity index (χ1n) is 9.83. The number of rotatable bonds is 6. The number of hydrogen-bond donors (Lipinski definition) is 0. The molecule has 0 aliphatic carbocycles. The van der Waals surface area contributed by atoms with E-state index < -0.39 is 0 Å². The van der Waals surface area contributed by atoms with Crippen LogP contribution in [0.4, 0.5) is 0 Å². The molecule has 4 heteroatoms. The second kappa shape index (κ2) is 9.07. The van der Waals surface area contributed by atoms with Gasteiger partial charge in [0, 0.05) is 12.1 Å². The number of fused-ring (bicyclic) bond motifs is 2. The van der Waals surface area contributed by atoms with Gasteiger partial charge in [-0.2, -0.15) is 0 Å². The third-order valence-corrected chi connectivity index (χ3v) is 4.67. The Hall–Kier alpha value is -2.59. The molecule has 4 nitrogen and oxygen atoms in total. The first kappa shape index (κ1) is 20.2. The number of nitrogens with zero attached hydrogens (tertiary/aromatic N) is 1. The third-order valence-electron chi connectivity index (χ3n) is 4.67. The van der Waals surface area contributed by atoms with E-state index in [1.807, 2.05) is 32.0 Å². The number of carbonyl (C=O) groups excluding carboxylic acids is 1. The molecule has 0 atom stereocenters. The Kier molecular flexibility index (Phi) is 6.53. The molecule has 1 aliphatic rings. The van der Waals surface area contributed by atoms with E-state index in [1.54, 1.807) is 0 Å². The van der Waals surface area contributed by atoms with Crippen molar-refractivity contribution in [2.24, 2.45) is 0 Å². The fourth-order valence-electron chi connectivity index (χ4n) is 3.39. The molecule has 0 fully saturated rings. The first-order chi connectivity index (χ1) is 13.4. The van der Waals surface area contributed by atoms with E-state index in [1.165, 1.54) is 16.7 Å². The van der Waals surface area contributed by atoms with Gasteiger partial charge in [0.2, 0.25) is 0 Å². The molecule has 0 aromatic heterocycles. The van der Waals surface area contributed by atoms with Gasteiger partial charge in [0.15, 0.2) is 0 Å². The van der Waals surface area contributed by atoms with Crippen molar-refractivity contribution in [3.05, 3.63) is 70.8 Å². The Morgan fingerprint density at radius 1 is 1.18 bits per heavy atom. The Labute approximate surface area is 167 Å². The molecule has 28 heavy (non-hydrogen) atoms. The average Bonchev–Trinajstić information content (AvgIpc) is 2.78. The molecule has 2 aromatic carbocycles. The van der Waals surface area contributed by atoms with E-state index in [2.05, 4.69) is 49.3 Å². The van der Waals surface area contributed by atoms with Crippen LogP contribution in [0.1, 0.15) is 42.5 Å². The highest BCUT2D eigenvalue weighted by molar-refractivity contribution is 5.85. The Balaban J connectivity index is 1.98. The molecule has 0 spiro atoms. The minimum absolute atomic E-state index is 0.106. The molecular formula is C24H29NO3. The zero-order valence-electron chi connectivity index (χ0n) is 17.2. The molecule has 1 heterocycles. The van der Waals surface area contributed by atoms with Crippen LogP contribution in [0.15, 0.2) is 48.5 Å². The van der Waals surface area contributed by atoms with Gasteiger partial charge in [0.1, 0.15) is 12.4 Å². The summed E-state index contributed by atoms with van der Waals surface area (Å²) >= 11 is 0. The fraction of sp³-hybridized carbons (Fsp3) is 0.375. The Morgan fingerprint density at radius 3 is 2.71 bits per heavy atom. The van der Waals surface area contributed by atoms with E-state index in [0.29, 0.717) is 6.61 Å². The van der Waals surface area contributed by atoms with Crippen molar-refractivity contribution < 1.29 is 14.3 Å². The molecule has 0 saturated carbocycles. The molecule has 0 bridgehead atoms. The van der Waals surface area contributed by atoms with Crippen LogP contribution >= 0.6 is 0 Å². The van der Waals surface area contributed by atoms with Gasteiger partial charge < -0.3 is 14.4 Å². The lowest BCUT2D eigenvalue weighted by atomic mass is 9.92.